The summed E-state index contributed by atoms with van der Waals surface area (Å²) in [6.07, 6.45) is 0. The van der Waals surface area contributed by atoms with Gasteiger partial charge in [-0.3, -0.25) is 0 Å². The summed E-state index contributed by atoms with van der Waals surface area (Å²) in [4.78, 5) is 44.4. The summed E-state index contributed by atoms with van der Waals surface area (Å²) < 4.78 is 0. The molecule has 0 aliphatic carbocycles. The van der Waals surface area contributed by atoms with Gasteiger partial charge in [-0.05, 0) is 47.5 Å². The standard InChI is InChI=1S/2C14H10ClNO4.2Na/c2*15-10-6-5-9(14(19)20)12(16)11(10)7-3-1-2-4-8(7)13(17)18;;/h2*1-6H,16H2,(H,17,18)(H,19,20);;/q;;2*+1/p-2. The largest absolute Gasteiger partial charge is 1.00 e. The fourth-order valence-corrected chi connectivity index (χ4v) is 4.40. The van der Waals surface area contributed by atoms with Crippen molar-refractivity contribution < 1.29 is 98.7 Å². The number of nitrogen functional groups attached to an aromatic ring is 2. The molecule has 0 saturated heterocycles. The maximum Gasteiger partial charge on any atom is 1.00 e. The molecule has 0 unspecified atom stereocenters. The summed E-state index contributed by atoms with van der Waals surface area (Å²) in [5.74, 6) is -5.22. The summed E-state index contributed by atoms with van der Waals surface area (Å²) in [6, 6.07) is 17.3. The molecule has 14 heteroatoms. The zero-order chi connectivity index (χ0) is 29.7. The topological polar surface area (TPSA) is 207 Å². The smallest absolute Gasteiger partial charge is 0.545 e. The average Bonchev–Trinajstić information content (AvgIpc) is 2.89. The van der Waals surface area contributed by atoms with Gasteiger partial charge in [0.1, 0.15) is 0 Å². The number of nitrogens with two attached hydrogens (primary N) is 2. The van der Waals surface area contributed by atoms with Gasteiger partial charge in [0.2, 0.25) is 0 Å². The number of rotatable bonds is 6. The van der Waals surface area contributed by atoms with E-state index in [0.29, 0.717) is 0 Å². The minimum atomic E-state index is -1.45. The number of hydrogen-bond donors (Lipinski definition) is 4. The Morgan fingerprint density at radius 1 is 0.548 bits per heavy atom. The minimum Gasteiger partial charge on any atom is -0.545 e. The summed E-state index contributed by atoms with van der Waals surface area (Å²) >= 11 is 12.1. The van der Waals surface area contributed by atoms with Crippen LogP contribution in [0.4, 0.5) is 11.4 Å². The van der Waals surface area contributed by atoms with Crippen LogP contribution in [0.2, 0.25) is 10.0 Å². The maximum absolute atomic E-state index is 11.2. The van der Waals surface area contributed by atoms with Gasteiger partial charge < -0.3 is 41.5 Å². The molecule has 4 rings (SSSR count). The third-order valence-electron chi connectivity index (χ3n) is 5.68. The molecule has 0 aromatic heterocycles. The maximum atomic E-state index is 11.2. The van der Waals surface area contributed by atoms with Gasteiger partial charge in [-0.2, -0.15) is 0 Å². The van der Waals surface area contributed by atoms with Crippen molar-refractivity contribution in [2.24, 2.45) is 0 Å². The van der Waals surface area contributed by atoms with Crippen LogP contribution in [0.5, 0.6) is 0 Å². The second-order valence-corrected chi connectivity index (χ2v) is 8.86. The normalized spacial score (nSPS) is 9.76. The molecule has 4 aromatic carbocycles. The molecule has 0 fully saturated rings. The number of benzene rings is 4. The molecule has 204 valence electrons. The van der Waals surface area contributed by atoms with E-state index in [2.05, 4.69) is 0 Å². The Morgan fingerprint density at radius 2 is 0.857 bits per heavy atom. The Labute approximate surface area is 293 Å². The SMILES string of the molecule is Nc1c(C(=O)[O-])ccc(Cl)c1-c1ccccc1C(=O)O.Nc1c(C(=O)[O-])ccc(Cl)c1-c1ccccc1C(=O)O.[Na+].[Na+]. The quantitative estimate of drug-likeness (QED) is 0.129. The first-order chi connectivity index (χ1) is 18.9. The van der Waals surface area contributed by atoms with Crippen LogP contribution in [-0.4, -0.2) is 34.1 Å². The van der Waals surface area contributed by atoms with Crippen LogP contribution < -0.4 is 80.8 Å². The fraction of sp³-hybridized carbons (Fsp3) is 0. The van der Waals surface area contributed by atoms with Crippen molar-refractivity contribution in [2.45, 2.75) is 0 Å². The van der Waals surface area contributed by atoms with Gasteiger partial charge in [0.05, 0.1) is 44.5 Å². The van der Waals surface area contributed by atoms with Gasteiger partial charge in [0.15, 0.2) is 0 Å². The fourth-order valence-electron chi connectivity index (χ4n) is 3.86. The number of anilines is 2. The van der Waals surface area contributed by atoms with Crippen LogP contribution in [0.1, 0.15) is 41.4 Å². The number of carboxylic acids is 4. The van der Waals surface area contributed by atoms with Crippen molar-refractivity contribution >= 4 is 58.5 Å². The number of carboxylic acid groups (broad SMARTS) is 4. The van der Waals surface area contributed by atoms with Crippen LogP contribution in [0.15, 0.2) is 72.8 Å². The van der Waals surface area contributed by atoms with Crippen LogP contribution in [0.25, 0.3) is 22.3 Å². The van der Waals surface area contributed by atoms with E-state index < -0.39 is 23.9 Å². The molecule has 0 bridgehead atoms. The van der Waals surface area contributed by atoms with E-state index in [-0.39, 0.29) is 125 Å². The number of hydrogen-bond acceptors (Lipinski definition) is 8. The molecule has 0 saturated carbocycles. The van der Waals surface area contributed by atoms with Gasteiger partial charge in [-0.25, -0.2) is 9.59 Å². The first-order valence-corrected chi connectivity index (χ1v) is 11.9. The summed E-state index contributed by atoms with van der Waals surface area (Å²) in [5, 5.41) is 40.7. The number of carbonyl (C=O) groups is 4. The van der Waals surface area contributed by atoms with Crippen molar-refractivity contribution in [3.8, 4) is 22.3 Å². The molecule has 0 atom stereocenters. The second-order valence-electron chi connectivity index (χ2n) is 8.04. The number of aromatic carboxylic acids is 4. The molecule has 0 heterocycles. The van der Waals surface area contributed by atoms with Crippen LogP contribution in [-0.2, 0) is 0 Å². The summed E-state index contributed by atoms with van der Waals surface area (Å²) in [5.41, 5.74) is 11.7. The molecule has 0 aliphatic rings. The summed E-state index contributed by atoms with van der Waals surface area (Å²) in [7, 11) is 0. The molecule has 4 aromatic rings. The van der Waals surface area contributed by atoms with E-state index in [4.69, 9.17) is 34.7 Å². The van der Waals surface area contributed by atoms with E-state index in [0.717, 1.165) is 0 Å². The van der Waals surface area contributed by atoms with E-state index in [1.165, 1.54) is 48.5 Å². The third kappa shape index (κ3) is 8.06. The number of carbonyl (C=O) groups excluding carboxylic acids is 2. The molecule has 10 nitrogen and oxygen atoms in total. The first kappa shape index (κ1) is 37.0. The van der Waals surface area contributed by atoms with Crippen molar-refractivity contribution in [3.63, 3.8) is 0 Å². The van der Waals surface area contributed by atoms with E-state index in [9.17, 15) is 39.6 Å². The molecular formula is C28H18Cl2N2Na2O8. The van der Waals surface area contributed by atoms with Crippen molar-refractivity contribution in [1.29, 1.82) is 0 Å². The Morgan fingerprint density at radius 3 is 1.14 bits per heavy atom. The van der Waals surface area contributed by atoms with Gasteiger partial charge in [0.25, 0.3) is 0 Å². The van der Waals surface area contributed by atoms with E-state index in [1.807, 2.05) is 0 Å². The Kier molecular flexibility index (Phi) is 14.1. The molecule has 0 amide bonds. The second kappa shape index (κ2) is 16.0. The first-order valence-electron chi connectivity index (χ1n) is 11.1. The van der Waals surface area contributed by atoms with Crippen LogP contribution in [0, 0.1) is 0 Å². The van der Waals surface area contributed by atoms with E-state index >= 15 is 0 Å². The van der Waals surface area contributed by atoms with Gasteiger partial charge in [0, 0.05) is 22.3 Å². The predicted molar refractivity (Wildman–Crippen MR) is 145 cm³/mol. The third-order valence-corrected chi connectivity index (χ3v) is 6.31. The zero-order valence-electron chi connectivity index (χ0n) is 22.2. The Hall–Kier alpha value is -3.06. The van der Waals surface area contributed by atoms with Gasteiger partial charge in [-0.1, -0.05) is 59.6 Å². The molecule has 0 radical (unpaired) electrons. The molecule has 0 spiro atoms. The molecule has 0 aliphatic heterocycles. The van der Waals surface area contributed by atoms with Crippen LogP contribution in [0.3, 0.4) is 0 Å². The molecule has 6 N–H and O–H groups in total. The molecule has 42 heavy (non-hydrogen) atoms. The van der Waals surface area contributed by atoms with Gasteiger partial charge >= 0.3 is 71.1 Å². The minimum absolute atomic E-state index is 0. The zero-order valence-corrected chi connectivity index (χ0v) is 27.7. The van der Waals surface area contributed by atoms with Gasteiger partial charge in [-0.15, -0.1) is 0 Å². The van der Waals surface area contributed by atoms with Crippen molar-refractivity contribution in [2.75, 3.05) is 11.5 Å². The summed E-state index contributed by atoms with van der Waals surface area (Å²) in [6.45, 7) is 0. The Bertz CT molecular complexity index is 1560. The van der Waals surface area contributed by atoms with Crippen molar-refractivity contribution in [3.05, 3.63) is 105 Å². The van der Waals surface area contributed by atoms with E-state index in [1.54, 1.807) is 24.3 Å². The molecular weight excluding hydrogens is 609 g/mol. The average molecular weight is 627 g/mol. The van der Waals surface area contributed by atoms with Crippen molar-refractivity contribution in [1.82, 2.24) is 0 Å². The Balaban J connectivity index is 0.000000401. The predicted octanol–water partition coefficient (Wildman–Crippen LogP) is -2.69. The van der Waals surface area contributed by atoms with Crippen LogP contribution >= 0.6 is 23.2 Å². The number of halogens is 2. The monoisotopic (exact) mass is 626 g/mol.